The fraction of sp³-hybridized carbons (Fsp3) is 0.650. The summed E-state index contributed by atoms with van der Waals surface area (Å²) in [5, 5.41) is 7.08. The van der Waals surface area contributed by atoms with Gasteiger partial charge in [-0.05, 0) is 49.3 Å². The van der Waals surface area contributed by atoms with E-state index in [-0.39, 0.29) is 24.0 Å². The van der Waals surface area contributed by atoms with Crippen molar-refractivity contribution in [2.45, 2.75) is 57.7 Å². The normalized spacial score (nSPS) is 23.6. The molecule has 1 heterocycles. The Balaban J connectivity index is 0.00000261. The summed E-state index contributed by atoms with van der Waals surface area (Å²) >= 11 is 0. The van der Waals surface area contributed by atoms with Gasteiger partial charge in [0.2, 0.25) is 0 Å². The van der Waals surface area contributed by atoms with Crippen molar-refractivity contribution in [1.82, 2.24) is 15.5 Å². The third-order valence-electron chi connectivity index (χ3n) is 5.45. The van der Waals surface area contributed by atoms with Crippen LogP contribution >= 0.6 is 24.0 Å². The zero-order valence-electron chi connectivity index (χ0n) is 16.2. The molecule has 0 radical (unpaired) electrons. The average molecular weight is 492 g/mol. The Hall–Kier alpha value is -0.960. The Morgan fingerprint density at radius 3 is 2.56 bits per heavy atom. The van der Waals surface area contributed by atoms with Gasteiger partial charge < -0.3 is 10.6 Å². The van der Waals surface area contributed by atoms with E-state index in [4.69, 9.17) is 0 Å². The number of nitrogens with zero attached hydrogens (tertiary/aromatic N) is 2. The number of halogens is 3. The van der Waals surface area contributed by atoms with Crippen LogP contribution in [0.15, 0.2) is 23.2 Å². The minimum Gasteiger partial charge on any atom is -0.354 e. The molecule has 1 aromatic rings. The molecule has 2 N–H and O–H groups in total. The van der Waals surface area contributed by atoms with Crippen molar-refractivity contribution in [3.63, 3.8) is 0 Å². The summed E-state index contributed by atoms with van der Waals surface area (Å²) in [6.07, 6.45) is 5.82. The van der Waals surface area contributed by atoms with Crippen molar-refractivity contribution in [1.29, 1.82) is 0 Å². The van der Waals surface area contributed by atoms with Gasteiger partial charge in [0.05, 0.1) is 0 Å². The third-order valence-corrected chi connectivity index (χ3v) is 5.45. The number of rotatable bonds is 6. The zero-order chi connectivity index (χ0) is 18.5. The van der Waals surface area contributed by atoms with Crippen LogP contribution in [-0.4, -0.2) is 43.1 Å². The molecule has 0 spiro atoms. The van der Waals surface area contributed by atoms with E-state index < -0.39 is 11.6 Å². The van der Waals surface area contributed by atoms with E-state index in [2.05, 4.69) is 27.4 Å². The summed E-state index contributed by atoms with van der Waals surface area (Å²) in [6, 6.07) is 5.16. The van der Waals surface area contributed by atoms with Gasteiger partial charge in [-0.3, -0.25) is 9.89 Å². The quantitative estimate of drug-likeness (QED) is 0.360. The van der Waals surface area contributed by atoms with Gasteiger partial charge >= 0.3 is 0 Å². The molecule has 2 atom stereocenters. The number of nitrogens with one attached hydrogen (secondary N) is 2. The maximum absolute atomic E-state index is 13.3. The molecule has 152 valence electrons. The topological polar surface area (TPSA) is 39.7 Å². The first kappa shape index (κ1) is 22.3. The highest BCUT2D eigenvalue weighted by molar-refractivity contribution is 14.0. The lowest BCUT2D eigenvalue weighted by Crippen LogP contribution is -2.49. The summed E-state index contributed by atoms with van der Waals surface area (Å²) in [6.45, 7) is 4.78. The highest BCUT2D eigenvalue weighted by Gasteiger charge is 2.36. The van der Waals surface area contributed by atoms with Crippen molar-refractivity contribution >= 4 is 29.9 Å². The monoisotopic (exact) mass is 492 g/mol. The van der Waals surface area contributed by atoms with Gasteiger partial charge in [0.1, 0.15) is 0 Å². The van der Waals surface area contributed by atoms with Crippen molar-refractivity contribution in [2.24, 2.45) is 10.9 Å². The van der Waals surface area contributed by atoms with Crippen molar-refractivity contribution < 1.29 is 8.78 Å². The van der Waals surface area contributed by atoms with E-state index in [9.17, 15) is 8.78 Å². The van der Waals surface area contributed by atoms with E-state index in [1.807, 2.05) is 7.05 Å². The highest BCUT2D eigenvalue weighted by Crippen LogP contribution is 2.34. The lowest BCUT2D eigenvalue weighted by molar-refractivity contribution is 0.198. The molecular formula is C20H31F2IN4. The van der Waals surface area contributed by atoms with Crippen molar-refractivity contribution in [3.05, 3.63) is 35.4 Å². The lowest BCUT2D eigenvalue weighted by Gasteiger charge is -2.33. The van der Waals surface area contributed by atoms with Crippen molar-refractivity contribution in [3.8, 4) is 0 Å². The second-order valence-corrected chi connectivity index (χ2v) is 7.55. The Morgan fingerprint density at radius 1 is 1.19 bits per heavy atom. The predicted molar refractivity (Wildman–Crippen MR) is 117 cm³/mol. The molecule has 3 rings (SSSR count). The molecule has 1 aliphatic carbocycles. The van der Waals surface area contributed by atoms with Crippen LogP contribution in [0, 0.1) is 17.6 Å². The number of benzene rings is 1. The third kappa shape index (κ3) is 6.55. The molecule has 1 aromatic carbocycles. The van der Waals surface area contributed by atoms with Crippen LogP contribution in [0.1, 0.15) is 44.6 Å². The summed E-state index contributed by atoms with van der Waals surface area (Å²) in [7, 11) is 1.82. The zero-order valence-corrected chi connectivity index (χ0v) is 18.5. The summed E-state index contributed by atoms with van der Waals surface area (Å²) in [5.41, 5.74) is 0.823. The molecule has 2 unspecified atom stereocenters. The van der Waals surface area contributed by atoms with Gasteiger partial charge in [-0.2, -0.15) is 0 Å². The first-order valence-corrected chi connectivity index (χ1v) is 9.75. The molecule has 7 heteroatoms. The molecule has 0 aromatic heterocycles. The Kier molecular flexibility index (Phi) is 8.72. The van der Waals surface area contributed by atoms with Crippen LogP contribution < -0.4 is 10.6 Å². The number of hydrogen-bond donors (Lipinski definition) is 2. The van der Waals surface area contributed by atoms with Gasteiger partial charge in [-0.15, -0.1) is 24.0 Å². The molecule has 1 aliphatic heterocycles. The van der Waals surface area contributed by atoms with Gasteiger partial charge in [0.15, 0.2) is 17.6 Å². The second-order valence-electron chi connectivity index (χ2n) is 7.55. The summed E-state index contributed by atoms with van der Waals surface area (Å²) in [5.74, 6) is 0.159. The fourth-order valence-corrected chi connectivity index (χ4v) is 3.79. The number of guanidine groups is 1. The number of hydrogen-bond acceptors (Lipinski definition) is 2. The summed E-state index contributed by atoms with van der Waals surface area (Å²) < 4.78 is 26.4. The van der Waals surface area contributed by atoms with Gasteiger partial charge in [0.25, 0.3) is 0 Å². The molecule has 1 saturated heterocycles. The molecule has 0 amide bonds. The van der Waals surface area contributed by atoms with E-state index in [0.717, 1.165) is 43.4 Å². The second kappa shape index (κ2) is 10.5. The minimum absolute atomic E-state index is 0. The van der Waals surface area contributed by atoms with E-state index in [1.165, 1.54) is 31.4 Å². The smallest absolute Gasteiger partial charge is 0.191 e. The van der Waals surface area contributed by atoms with E-state index in [0.29, 0.717) is 18.6 Å². The molecule has 27 heavy (non-hydrogen) atoms. The molecule has 0 bridgehead atoms. The molecule has 2 fully saturated rings. The van der Waals surface area contributed by atoms with E-state index in [1.54, 1.807) is 6.07 Å². The largest absolute Gasteiger partial charge is 0.354 e. The van der Waals surface area contributed by atoms with Gasteiger partial charge in [-0.25, -0.2) is 8.78 Å². The maximum atomic E-state index is 13.3. The summed E-state index contributed by atoms with van der Waals surface area (Å²) in [4.78, 5) is 6.66. The minimum atomic E-state index is -0.785. The Morgan fingerprint density at radius 2 is 1.93 bits per heavy atom. The number of piperidine rings is 1. The molecular weight excluding hydrogens is 461 g/mol. The standard InChI is InChI=1S/C20H30F2N4.HI/c1-3-4-15-12-19(15)25-20(23-2)24-16-7-9-26(10-8-16)13-14-5-6-17(21)18(22)11-14;/h5-6,11,15-16,19H,3-4,7-10,12-13H2,1-2H3,(H2,23,24,25);1H. The predicted octanol–water partition coefficient (Wildman–Crippen LogP) is 3.90. The molecule has 2 aliphatic rings. The SMILES string of the molecule is CCCC1CC1NC(=NC)NC1CCN(Cc2ccc(F)c(F)c2)CC1.I. The van der Waals surface area contributed by atoms with Gasteiger partial charge in [-0.1, -0.05) is 19.4 Å². The number of aliphatic imine (C=N–C) groups is 1. The highest BCUT2D eigenvalue weighted by atomic mass is 127. The van der Waals surface area contributed by atoms with Crippen LogP contribution in [0.2, 0.25) is 0 Å². The number of likely N-dealkylation sites (tertiary alicyclic amines) is 1. The van der Waals surface area contributed by atoms with Crippen LogP contribution in [0.25, 0.3) is 0 Å². The van der Waals surface area contributed by atoms with Gasteiger partial charge in [0, 0.05) is 38.8 Å². The Bertz CT molecular complexity index is 632. The maximum Gasteiger partial charge on any atom is 0.191 e. The molecule has 4 nitrogen and oxygen atoms in total. The van der Waals surface area contributed by atoms with Crippen LogP contribution in [0.3, 0.4) is 0 Å². The Labute approximate surface area is 178 Å². The van der Waals surface area contributed by atoms with Crippen LogP contribution in [0.5, 0.6) is 0 Å². The van der Waals surface area contributed by atoms with E-state index >= 15 is 0 Å². The average Bonchev–Trinajstić information content (AvgIpc) is 3.37. The van der Waals surface area contributed by atoms with Crippen LogP contribution in [-0.2, 0) is 6.54 Å². The first-order valence-electron chi connectivity index (χ1n) is 9.75. The first-order chi connectivity index (χ1) is 12.6. The lowest BCUT2D eigenvalue weighted by atomic mass is 10.0. The van der Waals surface area contributed by atoms with Crippen LogP contribution in [0.4, 0.5) is 8.78 Å². The molecule has 1 saturated carbocycles. The van der Waals surface area contributed by atoms with Crippen molar-refractivity contribution in [2.75, 3.05) is 20.1 Å². The fourth-order valence-electron chi connectivity index (χ4n) is 3.79.